The molecule has 0 aliphatic rings. The third kappa shape index (κ3) is 6.07. The fraction of sp³-hybridized carbons (Fsp3) is 0.190. The summed E-state index contributed by atoms with van der Waals surface area (Å²) in [4.78, 5) is 16.0. The van der Waals surface area contributed by atoms with Crippen LogP contribution in [0.5, 0.6) is 17.2 Å². The fourth-order valence-corrected chi connectivity index (χ4v) is 3.13. The summed E-state index contributed by atoms with van der Waals surface area (Å²) < 4.78 is 40.5. The number of aromatic nitrogens is 1. The molecule has 0 fully saturated rings. The Morgan fingerprint density at radius 3 is 2.53 bits per heavy atom. The molecule has 2 amide bonds. The Kier molecular flexibility index (Phi) is 7.09. The zero-order chi connectivity index (χ0) is 23.1. The number of benzene rings is 2. The van der Waals surface area contributed by atoms with E-state index >= 15 is 0 Å². The molecule has 166 valence electrons. The van der Waals surface area contributed by atoms with Crippen molar-refractivity contribution >= 4 is 32.6 Å². The molecule has 0 bridgehead atoms. The van der Waals surface area contributed by atoms with Crippen molar-refractivity contribution in [3.05, 3.63) is 54.2 Å². The van der Waals surface area contributed by atoms with Gasteiger partial charge >= 0.3 is 6.03 Å². The monoisotopic (exact) mass is 456 g/mol. The van der Waals surface area contributed by atoms with Crippen LogP contribution in [0, 0.1) is 11.3 Å². The molecule has 2 N–H and O–H groups in total. The molecule has 0 unspecified atom stereocenters. The summed E-state index contributed by atoms with van der Waals surface area (Å²) in [5.74, 6) is 1.35. The summed E-state index contributed by atoms with van der Waals surface area (Å²) in [6.07, 6.45) is 2.46. The molecule has 0 aliphatic carbocycles. The van der Waals surface area contributed by atoms with Crippen LogP contribution in [-0.4, -0.2) is 46.0 Å². The zero-order valence-electron chi connectivity index (χ0n) is 17.3. The van der Waals surface area contributed by atoms with Crippen LogP contribution in [0.15, 0.2) is 48.7 Å². The number of ether oxygens (including phenoxy) is 3. The van der Waals surface area contributed by atoms with Crippen LogP contribution < -0.4 is 19.5 Å². The van der Waals surface area contributed by atoms with Gasteiger partial charge in [-0.25, -0.2) is 17.9 Å². The molecular formula is C21H20N4O6S. The molecule has 0 atom stereocenters. The van der Waals surface area contributed by atoms with Crippen molar-refractivity contribution in [2.75, 3.05) is 31.9 Å². The highest BCUT2D eigenvalue weighted by Crippen LogP contribution is 2.33. The summed E-state index contributed by atoms with van der Waals surface area (Å²) >= 11 is 0. The van der Waals surface area contributed by atoms with Gasteiger partial charge in [0.05, 0.1) is 23.9 Å². The molecule has 1 aromatic heterocycles. The van der Waals surface area contributed by atoms with Crippen molar-refractivity contribution in [3.8, 4) is 23.3 Å². The van der Waals surface area contributed by atoms with Gasteiger partial charge in [-0.15, -0.1) is 0 Å². The number of anilines is 1. The number of nitriles is 1. The zero-order valence-corrected chi connectivity index (χ0v) is 18.1. The van der Waals surface area contributed by atoms with Crippen LogP contribution in [0.25, 0.3) is 10.9 Å². The number of nitrogens with zero attached hydrogens (tertiary/aromatic N) is 2. The Hall–Kier alpha value is -3.88. The molecule has 0 radical (unpaired) electrons. The van der Waals surface area contributed by atoms with E-state index in [2.05, 4.69) is 16.4 Å². The molecule has 3 aromatic rings. The molecule has 0 saturated carbocycles. The second-order valence-corrected chi connectivity index (χ2v) is 8.33. The van der Waals surface area contributed by atoms with Crippen LogP contribution in [0.2, 0.25) is 0 Å². The smallest absolute Gasteiger partial charge is 0.332 e. The number of hydrogen-bond donors (Lipinski definition) is 2. The van der Waals surface area contributed by atoms with Crippen molar-refractivity contribution in [1.82, 2.24) is 9.71 Å². The number of carbonyl (C=O) groups is 1. The third-order valence-corrected chi connectivity index (χ3v) is 4.64. The highest BCUT2D eigenvalue weighted by molar-refractivity contribution is 7.89. The first-order valence-electron chi connectivity index (χ1n) is 9.30. The van der Waals surface area contributed by atoms with Gasteiger partial charge in [0, 0.05) is 30.4 Å². The first-order chi connectivity index (χ1) is 15.3. The molecule has 2 aromatic carbocycles. The minimum atomic E-state index is -3.66. The minimum absolute atomic E-state index is 0.301. The number of rotatable bonds is 8. The topological polar surface area (TPSA) is 140 Å². The number of amides is 2. The summed E-state index contributed by atoms with van der Waals surface area (Å²) in [5, 5.41) is 12.5. The van der Waals surface area contributed by atoms with E-state index < -0.39 is 16.1 Å². The average Bonchev–Trinajstić information content (AvgIpc) is 2.73. The van der Waals surface area contributed by atoms with E-state index in [0.717, 1.165) is 6.26 Å². The highest BCUT2D eigenvalue weighted by atomic mass is 32.2. The van der Waals surface area contributed by atoms with Crippen molar-refractivity contribution in [2.24, 2.45) is 0 Å². The number of methoxy groups -OCH3 is 1. The van der Waals surface area contributed by atoms with E-state index in [0.29, 0.717) is 52.6 Å². The maximum absolute atomic E-state index is 11.6. The van der Waals surface area contributed by atoms with Gasteiger partial charge < -0.3 is 19.5 Å². The molecule has 0 aliphatic heterocycles. The number of hydrogen-bond acceptors (Lipinski definition) is 8. The van der Waals surface area contributed by atoms with Crippen LogP contribution in [0.3, 0.4) is 0 Å². The lowest BCUT2D eigenvalue weighted by molar-refractivity contribution is 0.146. The van der Waals surface area contributed by atoms with E-state index in [-0.39, 0.29) is 0 Å². The van der Waals surface area contributed by atoms with Crippen LogP contribution in [0.1, 0.15) is 5.56 Å². The average molecular weight is 456 g/mol. The van der Waals surface area contributed by atoms with E-state index in [4.69, 9.17) is 14.2 Å². The standard InChI is InChI=1S/C21H20N4O6S/c1-29-9-10-30-20-12-18-17(11-14(20)13-22)19(7-8-23-18)31-16-5-3-15(4-6-16)24-21(26)25-32(2,27)28/h3-8,11-12H,9-10H2,1-2H3,(H2,24,25,26). The summed E-state index contributed by atoms with van der Waals surface area (Å²) in [6, 6.07) is 12.6. The Balaban J connectivity index is 1.80. The van der Waals surface area contributed by atoms with Crippen molar-refractivity contribution in [1.29, 1.82) is 5.26 Å². The number of sulfonamides is 1. The second-order valence-electron chi connectivity index (χ2n) is 6.58. The summed E-state index contributed by atoms with van der Waals surface area (Å²) in [5.41, 5.74) is 1.30. The van der Waals surface area contributed by atoms with E-state index in [9.17, 15) is 18.5 Å². The van der Waals surface area contributed by atoms with Gasteiger partial charge in [0.1, 0.15) is 29.9 Å². The predicted molar refractivity (Wildman–Crippen MR) is 117 cm³/mol. The van der Waals surface area contributed by atoms with Gasteiger partial charge in [0.25, 0.3) is 0 Å². The molecule has 11 heteroatoms. The number of nitrogens with one attached hydrogen (secondary N) is 2. The van der Waals surface area contributed by atoms with Gasteiger partial charge in [-0.2, -0.15) is 5.26 Å². The SMILES string of the molecule is COCCOc1cc2nccc(Oc3ccc(NC(=O)NS(C)(=O)=O)cc3)c2cc1C#N. The van der Waals surface area contributed by atoms with E-state index in [1.54, 1.807) is 55.8 Å². The van der Waals surface area contributed by atoms with Gasteiger partial charge in [0.2, 0.25) is 10.0 Å². The first-order valence-corrected chi connectivity index (χ1v) is 11.2. The normalized spacial score (nSPS) is 10.9. The van der Waals surface area contributed by atoms with Gasteiger partial charge in [-0.1, -0.05) is 0 Å². The fourth-order valence-electron chi connectivity index (χ4n) is 2.74. The second kappa shape index (κ2) is 9.95. The van der Waals surface area contributed by atoms with Crippen molar-refractivity contribution < 1.29 is 27.4 Å². The summed E-state index contributed by atoms with van der Waals surface area (Å²) in [7, 11) is -2.10. The van der Waals surface area contributed by atoms with Gasteiger partial charge in [0.15, 0.2) is 0 Å². The maximum atomic E-state index is 11.6. The number of urea groups is 1. The Morgan fingerprint density at radius 1 is 1.12 bits per heavy atom. The Bertz CT molecular complexity index is 1270. The lowest BCUT2D eigenvalue weighted by atomic mass is 10.1. The van der Waals surface area contributed by atoms with Gasteiger partial charge in [-0.05, 0) is 36.4 Å². The molecular weight excluding hydrogens is 436 g/mol. The van der Waals surface area contributed by atoms with Crippen LogP contribution in [0.4, 0.5) is 10.5 Å². The molecule has 1 heterocycles. The van der Waals surface area contributed by atoms with Crippen molar-refractivity contribution in [2.45, 2.75) is 0 Å². The Labute approximate surface area is 184 Å². The van der Waals surface area contributed by atoms with Crippen LogP contribution in [-0.2, 0) is 14.8 Å². The molecule has 3 rings (SSSR count). The predicted octanol–water partition coefficient (Wildman–Crippen LogP) is 3.01. The Morgan fingerprint density at radius 2 is 1.88 bits per heavy atom. The number of carbonyl (C=O) groups excluding carboxylic acids is 1. The maximum Gasteiger partial charge on any atom is 0.332 e. The quantitative estimate of drug-likeness (QED) is 0.493. The van der Waals surface area contributed by atoms with Crippen molar-refractivity contribution in [3.63, 3.8) is 0 Å². The molecule has 10 nitrogen and oxygen atoms in total. The van der Waals surface area contributed by atoms with E-state index in [1.165, 1.54) is 0 Å². The molecule has 0 saturated heterocycles. The van der Waals surface area contributed by atoms with E-state index in [1.807, 2.05) is 4.72 Å². The van der Waals surface area contributed by atoms with Gasteiger partial charge in [-0.3, -0.25) is 4.98 Å². The third-order valence-electron chi connectivity index (χ3n) is 4.09. The number of pyridine rings is 1. The lowest BCUT2D eigenvalue weighted by Crippen LogP contribution is -2.33. The lowest BCUT2D eigenvalue weighted by Gasteiger charge is -2.12. The largest absolute Gasteiger partial charge is 0.490 e. The van der Waals surface area contributed by atoms with Crippen LogP contribution >= 0.6 is 0 Å². The summed E-state index contributed by atoms with van der Waals surface area (Å²) in [6.45, 7) is 0.690. The molecule has 32 heavy (non-hydrogen) atoms. The highest BCUT2D eigenvalue weighted by Gasteiger charge is 2.12. The number of fused-ring (bicyclic) bond motifs is 1. The first kappa shape index (κ1) is 22.8. The minimum Gasteiger partial charge on any atom is -0.490 e. The molecule has 0 spiro atoms.